The topological polar surface area (TPSA) is 130 Å². The number of benzene rings is 2. The summed E-state index contributed by atoms with van der Waals surface area (Å²) in [4.78, 5) is 47.8. The van der Waals surface area contributed by atoms with E-state index in [0.717, 1.165) is 5.56 Å². The molecule has 0 saturated carbocycles. The minimum Gasteiger partial charge on any atom is -0.368 e. The van der Waals surface area contributed by atoms with Crippen LogP contribution in [0.2, 0.25) is 0 Å². The number of amides is 4. The third kappa shape index (κ3) is 6.44. The molecule has 0 bridgehead atoms. The SMILES string of the molecule is Cc1ccc(C(=O)NC(C(=O)Nc2ccc(C(=O)NCC(N)=O)cc2)C(C)C)cc1. The van der Waals surface area contributed by atoms with Gasteiger partial charge in [-0.15, -0.1) is 0 Å². The van der Waals surface area contributed by atoms with Crippen LogP contribution in [-0.4, -0.2) is 36.2 Å². The van der Waals surface area contributed by atoms with Gasteiger partial charge in [0.15, 0.2) is 0 Å². The number of aryl methyl sites for hydroxylation is 1. The van der Waals surface area contributed by atoms with Crippen LogP contribution in [-0.2, 0) is 9.59 Å². The van der Waals surface area contributed by atoms with Crippen LogP contribution in [0.1, 0.15) is 40.1 Å². The number of nitrogens with one attached hydrogen (secondary N) is 3. The molecule has 2 aromatic rings. The Morgan fingerprint density at radius 3 is 1.93 bits per heavy atom. The van der Waals surface area contributed by atoms with Crippen molar-refractivity contribution < 1.29 is 19.2 Å². The smallest absolute Gasteiger partial charge is 0.251 e. The van der Waals surface area contributed by atoms with E-state index < -0.39 is 17.9 Å². The Kier molecular flexibility index (Phi) is 7.69. The van der Waals surface area contributed by atoms with Crippen LogP contribution in [0.15, 0.2) is 48.5 Å². The summed E-state index contributed by atoms with van der Waals surface area (Å²) in [5, 5.41) is 7.90. The van der Waals surface area contributed by atoms with Crippen molar-refractivity contribution in [2.45, 2.75) is 26.8 Å². The molecule has 1 unspecified atom stereocenters. The van der Waals surface area contributed by atoms with Gasteiger partial charge in [0, 0.05) is 16.8 Å². The van der Waals surface area contributed by atoms with E-state index in [-0.39, 0.29) is 24.3 Å². The molecule has 0 spiro atoms. The zero-order valence-corrected chi connectivity index (χ0v) is 17.2. The predicted octanol–water partition coefficient (Wildman–Crippen LogP) is 1.60. The van der Waals surface area contributed by atoms with Crippen LogP contribution in [0, 0.1) is 12.8 Å². The van der Waals surface area contributed by atoms with Crippen molar-refractivity contribution in [1.29, 1.82) is 0 Å². The minimum atomic E-state index is -0.739. The van der Waals surface area contributed by atoms with Crippen molar-refractivity contribution in [3.8, 4) is 0 Å². The molecule has 2 rings (SSSR count). The monoisotopic (exact) mass is 410 g/mol. The Hall–Kier alpha value is -3.68. The average Bonchev–Trinajstić information content (AvgIpc) is 2.70. The summed E-state index contributed by atoms with van der Waals surface area (Å²) in [6.45, 7) is 5.35. The minimum absolute atomic E-state index is 0.141. The molecule has 0 aliphatic rings. The number of rotatable bonds is 8. The Labute approximate surface area is 175 Å². The number of hydrogen-bond acceptors (Lipinski definition) is 4. The van der Waals surface area contributed by atoms with E-state index in [1.165, 1.54) is 12.1 Å². The van der Waals surface area contributed by atoms with Gasteiger partial charge in [0.05, 0.1) is 6.54 Å². The van der Waals surface area contributed by atoms with Gasteiger partial charge in [-0.3, -0.25) is 19.2 Å². The second-order valence-corrected chi connectivity index (χ2v) is 7.28. The molecule has 4 amide bonds. The Morgan fingerprint density at radius 2 is 1.40 bits per heavy atom. The zero-order chi connectivity index (χ0) is 22.3. The molecule has 0 heterocycles. The van der Waals surface area contributed by atoms with Gasteiger partial charge in [-0.1, -0.05) is 31.5 Å². The molecule has 0 aliphatic heterocycles. The van der Waals surface area contributed by atoms with Crippen molar-refractivity contribution in [2.75, 3.05) is 11.9 Å². The highest BCUT2D eigenvalue weighted by atomic mass is 16.2. The maximum atomic E-state index is 12.7. The molecule has 0 saturated heterocycles. The van der Waals surface area contributed by atoms with Gasteiger partial charge < -0.3 is 21.7 Å². The van der Waals surface area contributed by atoms with Crippen LogP contribution in [0.4, 0.5) is 5.69 Å². The lowest BCUT2D eigenvalue weighted by Crippen LogP contribution is -2.47. The number of carbonyl (C=O) groups is 4. The standard InChI is InChI=1S/C22H26N4O4/c1-13(2)19(26-21(29)16-6-4-14(3)5-7-16)22(30)25-17-10-8-15(9-11-17)20(28)24-12-18(23)27/h4-11,13,19H,12H2,1-3H3,(H2,23,27)(H,24,28)(H,25,30)(H,26,29). The molecule has 5 N–H and O–H groups in total. The fourth-order valence-electron chi connectivity index (χ4n) is 2.66. The molecule has 0 radical (unpaired) electrons. The first kappa shape index (κ1) is 22.6. The van der Waals surface area contributed by atoms with Crippen LogP contribution >= 0.6 is 0 Å². The molecule has 158 valence electrons. The first-order valence-electron chi connectivity index (χ1n) is 9.52. The van der Waals surface area contributed by atoms with Crippen LogP contribution in [0.3, 0.4) is 0 Å². The number of nitrogens with two attached hydrogens (primary N) is 1. The lowest BCUT2D eigenvalue weighted by Gasteiger charge is -2.22. The molecule has 1 atom stereocenters. The number of primary amides is 1. The Morgan fingerprint density at radius 1 is 0.867 bits per heavy atom. The van der Waals surface area contributed by atoms with E-state index in [4.69, 9.17) is 5.73 Å². The summed E-state index contributed by atoms with van der Waals surface area (Å²) in [7, 11) is 0. The number of anilines is 1. The highest BCUT2D eigenvalue weighted by Gasteiger charge is 2.25. The van der Waals surface area contributed by atoms with Gasteiger partial charge in [-0.05, 0) is 49.2 Å². The molecular formula is C22H26N4O4. The Bertz CT molecular complexity index is 921. The summed E-state index contributed by atoms with van der Waals surface area (Å²) in [5.74, 6) is -1.92. The molecule has 8 heteroatoms. The summed E-state index contributed by atoms with van der Waals surface area (Å²) in [6, 6.07) is 12.5. The van der Waals surface area contributed by atoms with Crippen molar-refractivity contribution in [3.63, 3.8) is 0 Å². The average molecular weight is 410 g/mol. The second kappa shape index (κ2) is 10.2. The summed E-state index contributed by atoms with van der Waals surface area (Å²) in [6.07, 6.45) is 0. The molecule has 8 nitrogen and oxygen atoms in total. The summed E-state index contributed by atoms with van der Waals surface area (Å²) < 4.78 is 0. The third-order valence-electron chi connectivity index (χ3n) is 4.39. The van der Waals surface area contributed by atoms with Crippen LogP contribution in [0.25, 0.3) is 0 Å². The maximum absolute atomic E-state index is 12.7. The molecule has 0 fully saturated rings. The van der Waals surface area contributed by atoms with Gasteiger partial charge in [-0.25, -0.2) is 0 Å². The quantitative estimate of drug-likeness (QED) is 0.526. The number of carbonyl (C=O) groups excluding carboxylic acids is 4. The first-order valence-corrected chi connectivity index (χ1v) is 9.52. The largest absolute Gasteiger partial charge is 0.368 e. The van der Waals surface area contributed by atoms with Gasteiger partial charge >= 0.3 is 0 Å². The zero-order valence-electron chi connectivity index (χ0n) is 17.2. The van der Waals surface area contributed by atoms with Crippen molar-refractivity contribution >= 4 is 29.3 Å². The normalized spacial score (nSPS) is 11.5. The van der Waals surface area contributed by atoms with E-state index >= 15 is 0 Å². The Balaban J connectivity index is 2.02. The fraction of sp³-hybridized carbons (Fsp3) is 0.273. The summed E-state index contributed by atoms with van der Waals surface area (Å²) >= 11 is 0. The molecule has 0 aromatic heterocycles. The van der Waals surface area contributed by atoms with E-state index in [9.17, 15) is 19.2 Å². The molecule has 2 aromatic carbocycles. The van der Waals surface area contributed by atoms with E-state index in [1.54, 1.807) is 24.3 Å². The first-order chi connectivity index (χ1) is 14.2. The molecule has 30 heavy (non-hydrogen) atoms. The summed E-state index contributed by atoms with van der Waals surface area (Å²) in [5.41, 5.74) is 7.31. The predicted molar refractivity (Wildman–Crippen MR) is 114 cm³/mol. The number of hydrogen-bond donors (Lipinski definition) is 4. The van der Waals surface area contributed by atoms with Gasteiger partial charge in [0.1, 0.15) is 6.04 Å². The van der Waals surface area contributed by atoms with Crippen molar-refractivity contribution in [2.24, 2.45) is 11.7 Å². The lowest BCUT2D eigenvalue weighted by atomic mass is 10.0. The lowest BCUT2D eigenvalue weighted by molar-refractivity contribution is -0.119. The second-order valence-electron chi connectivity index (χ2n) is 7.28. The van der Waals surface area contributed by atoms with E-state index in [1.807, 2.05) is 32.9 Å². The van der Waals surface area contributed by atoms with Gasteiger partial charge in [0.25, 0.3) is 11.8 Å². The van der Waals surface area contributed by atoms with E-state index in [2.05, 4.69) is 16.0 Å². The molecule has 0 aliphatic carbocycles. The van der Waals surface area contributed by atoms with Crippen LogP contribution < -0.4 is 21.7 Å². The van der Waals surface area contributed by atoms with Gasteiger partial charge in [0.2, 0.25) is 11.8 Å². The van der Waals surface area contributed by atoms with E-state index in [0.29, 0.717) is 16.8 Å². The van der Waals surface area contributed by atoms with Crippen molar-refractivity contribution in [3.05, 3.63) is 65.2 Å². The highest BCUT2D eigenvalue weighted by molar-refractivity contribution is 6.02. The van der Waals surface area contributed by atoms with Crippen LogP contribution in [0.5, 0.6) is 0 Å². The molecular weight excluding hydrogens is 384 g/mol. The fourth-order valence-corrected chi connectivity index (χ4v) is 2.66. The third-order valence-corrected chi connectivity index (χ3v) is 4.39. The van der Waals surface area contributed by atoms with Gasteiger partial charge in [-0.2, -0.15) is 0 Å². The highest BCUT2D eigenvalue weighted by Crippen LogP contribution is 2.13. The van der Waals surface area contributed by atoms with Crippen molar-refractivity contribution in [1.82, 2.24) is 10.6 Å². The maximum Gasteiger partial charge on any atom is 0.251 e.